The van der Waals surface area contributed by atoms with Gasteiger partial charge in [-0.3, -0.25) is 4.79 Å². The van der Waals surface area contributed by atoms with Crippen LogP contribution in [0.2, 0.25) is 0 Å². The summed E-state index contributed by atoms with van der Waals surface area (Å²) in [5, 5.41) is 9.23. The molecule has 4 heteroatoms. The van der Waals surface area contributed by atoms with Gasteiger partial charge in [0.2, 0.25) is 0 Å². The number of terminal acetylenes is 1. The van der Waals surface area contributed by atoms with Gasteiger partial charge >= 0.3 is 5.97 Å². The van der Waals surface area contributed by atoms with Crippen molar-refractivity contribution < 1.29 is 14.3 Å². The molecule has 1 atom stereocenters. The molecule has 4 nitrogen and oxygen atoms in total. The second-order valence-electron chi connectivity index (χ2n) is 4.00. The molecule has 1 aliphatic rings. The van der Waals surface area contributed by atoms with Crippen molar-refractivity contribution in [2.24, 2.45) is 5.41 Å². The van der Waals surface area contributed by atoms with Crippen molar-refractivity contribution in [2.45, 2.75) is 32.3 Å². The van der Waals surface area contributed by atoms with E-state index in [4.69, 9.17) is 15.9 Å². The molecular formula is C12H15NO3. The van der Waals surface area contributed by atoms with Gasteiger partial charge in [-0.2, -0.15) is 5.26 Å². The Bertz CT molecular complexity index is 359. The van der Waals surface area contributed by atoms with Crippen LogP contribution in [0, 0.1) is 29.1 Å². The van der Waals surface area contributed by atoms with Gasteiger partial charge in [0.25, 0.3) is 0 Å². The molecule has 0 radical (unpaired) electrons. The van der Waals surface area contributed by atoms with Crippen LogP contribution in [0.4, 0.5) is 0 Å². The Morgan fingerprint density at radius 3 is 2.56 bits per heavy atom. The van der Waals surface area contributed by atoms with Crippen LogP contribution in [0.5, 0.6) is 0 Å². The van der Waals surface area contributed by atoms with Crippen LogP contribution in [0.25, 0.3) is 0 Å². The summed E-state index contributed by atoms with van der Waals surface area (Å²) < 4.78 is 10.3. The summed E-state index contributed by atoms with van der Waals surface area (Å²) in [4.78, 5) is 11.1. The van der Waals surface area contributed by atoms with Gasteiger partial charge in [-0.15, -0.1) is 6.42 Å². The first-order valence-corrected chi connectivity index (χ1v) is 5.22. The molecule has 0 saturated carbocycles. The summed E-state index contributed by atoms with van der Waals surface area (Å²) in [7, 11) is 0. The molecular weight excluding hydrogens is 206 g/mol. The average Bonchev–Trinajstić information content (AvgIpc) is 2.16. The summed E-state index contributed by atoms with van der Waals surface area (Å²) in [6.07, 6.45) is 6.69. The number of ether oxygens (including phenoxy) is 2. The number of rotatable bonds is 4. The number of esters is 1. The van der Waals surface area contributed by atoms with Crippen molar-refractivity contribution in [3.05, 3.63) is 0 Å². The molecule has 1 fully saturated rings. The molecule has 1 rings (SSSR count). The van der Waals surface area contributed by atoms with Crippen LogP contribution in [0.1, 0.15) is 26.7 Å². The maximum atomic E-state index is 11.1. The summed E-state index contributed by atoms with van der Waals surface area (Å²) in [5.41, 5.74) is -2.04. The molecule has 86 valence electrons. The van der Waals surface area contributed by atoms with E-state index in [9.17, 15) is 10.1 Å². The molecule has 0 unspecified atom stereocenters. The molecule has 0 N–H and O–H groups in total. The first-order chi connectivity index (χ1) is 7.56. The van der Waals surface area contributed by atoms with E-state index in [0.717, 1.165) is 6.42 Å². The van der Waals surface area contributed by atoms with Gasteiger partial charge in [-0.1, -0.05) is 19.3 Å². The van der Waals surface area contributed by atoms with Crippen LogP contribution in [-0.4, -0.2) is 24.8 Å². The Balaban J connectivity index is 3.07. The lowest BCUT2D eigenvalue weighted by Gasteiger charge is -2.46. The smallest absolute Gasteiger partial charge is 0.304 e. The fraction of sp³-hybridized carbons (Fsp3) is 0.667. The van der Waals surface area contributed by atoms with E-state index < -0.39 is 17.0 Å². The summed E-state index contributed by atoms with van der Waals surface area (Å²) in [6.45, 7) is 3.68. The highest BCUT2D eigenvalue weighted by Crippen LogP contribution is 2.43. The molecule has 1 aliphatic heterocycles. The van der Waals surface area contributed by atoms with Crippen LogP contribution >= 0.6 is 0 Å². The van der Waals surface area contributed by atoms with Crippen LogP contribution in [-0.2, 0) is 14.3 Å². The van der Waals surface area contributed by atoms with Gasteiger partial charge in [-0.25, -0.2) is 0 Å². The third-order valence-corrected chi connectivity index (χ3v) is 2.84. The highest BCUT2D eigenvalue weighted by atomic mass is 16.6. The molecule has 0 aliphatic carbocycles. The van der Waals surface area contributed by atoms with Gasteiger partial charge < -0.3 is 9.47 Å². The Morgan fingerprint density at radius 2 is 2.31 bits per heavy atom. The summed E-state index contributed by atoms with van der Waals surface area (Å²) in [6, 6.07) is 2.15. The maximum absolute atomic E-state index is 11.1. The molecule has 0 amide bonds. The van der Waals surface area contributed by atoms with Crippen molar-refractivity contribution in [2.75, 3.05) is 13.2 Å². The maximum Gasteiger partial charge on any atom is 0.304 e. The Labute approximate surface area is 95.5 Å². The lowest BCUT2D eigenvalue weighted by atomic mass is 9.69. The van der Waals surface area contributed by atoms with Gasteiger partial charge in [0.05, 0.1) is 19.3 Å². The van der Waals surface area contributed by atoms with Crippen molar-refractivity contribution in [3.8, 4) is 18.4 Å². The lowest BCUT2D eigenvalue weighted by Crippen LogP contribution is -2.60. The van der Waals surface area contributed by atoms with E-state index in [1.807, 2.05) is 6.92 Å². The third kappa shape index (κ3) is 1.77. The van der Waals surface area contributed by atoms with Crippen molar-refractivity contribution in [3.63, 3.8) is 0 Å². The molecule has 0 aromatic heterocycles. The van der Waals surface area contributed by atoms with Crippen LogP contribution < -0.4 is 0 Å². The van der Waals surface area contributed by atoms with Crippen molar-refractivity contribution in [1.82, 2.24) is 0 Å². The van der Waals surface area contributed by atoms with E-state index >= 15 is 0 Å². The van der Waals surface area contributed by atoms with Crippen LogP contribution in [0.3, 0.4) is 0 Å². The van der Waals surface area contributed by atoms with Crippen molar-refractivity contribution in [1.29, 1.82) is 5.26 Å². The highest BCUT2D eigenvalue weighted by molar-refractivity contribution is 5.67. The lowest BCUT2D eigenvalue weighted by molar-refractivity contribution is -0.197. The average molecular weight is 221 g/mol. The first kappa shape index (κ1) is 12.5. The second kappa shape index (κ2) is 4.55. The van der Waals surface area contributed by atoms with Gasteiger partial charge in [0.15, 0.2) is 11.0 Å². The molecule has 0 aromatic carbocycles. The standard InChI is InChI=1S/C12H15NO3/c1-4-6-12(5-2,16-10(3)14)11(7-13)8-15-9-11/h2H,4,6,8-9H2,1,3H3/t12-/m0/s1. The third-order valence-electron chi connectivity index (χ3n) is 2.84. The predicted molar refractivity (Wildman–Crippen MR) is 57.1 cm³/mol. The Hall–Kier alpha value is -1.52. The molecule has 0 bridgehead atoms. The number of carbonyl (C=O) groups is 1. The van der Waals surface area contributed by atoms with E-state index in [0.29, 0.717) is 6.42 Å². The largest absolute Gasteiger partial charge is 0.444 e. The monoisotopic (exact) mass is 221 g/mol. The first-order valence-electron chi connectivity index (χ1n) is 5.22. The highest BCUT2D eigenvalue weighted by Gasteiger charge is 2.58. The topological polar surface area (TPSA) is 59.3 Å². The van der Waals surface area contributed by atoms with Gasteiger partial charge in [0, 0.05) is 13.3 Å². The second-order valence-corrected chi connectivity index (χ2v) is 4.00. The zero-order valence-electron chi connectivity index (χ0n) is 9.58. The minimum Gasteiger partial charge on any atom is -0.444 e. The number of hydrogen-bond donors (Lipinski definition) is 0. The van der Waals surface area contributed by atoms with E-state index in [-0.39, 0.29) is 13.2 Å². The number of carbonyl (C=O) groups excluding carboxylic acids is 1. The fourth-order valence-corrected chi connectivity index (χ4v) is 1.92. The molecule has 1 heterocycles. The fourth-order valence-electron chi connectivity index (χ4n) is 1.92. The number of nitrogens with zero attached hydrogens (tertiary/aromatic N) is 1. The normalized spacial score (nSPS) is 20.8. The SMILES string of the molecule is C#C[C@@](CCC)(OC(C)=O)C1(C#N)COC1. The molecule has 0 aromatic rings. The van der Waals surface area contributed by atoms with Crippen molar-refractivity contribution >= 4 is 5.97 Å². The zero-order chi connectivity index (χ0) is 12.2. The summed E-state index contributed by atoms with van der Waals surface area (Å²) in [5.74, 6) is 2.03. The zero-order valence-corrected chi connectivity index (χ0v) is 9.58. The molecule has 1 saturated heterocycles. The minimum atomic E-state index is -1.15. The summed E-state index contributed by atoms with van der Waals surface area (Å²) >= 11 is 0. The Morgan fingerprint density at radius 1 is 1.69 bits per heavy atom. The van der Waals surface area contributed by atoms with E-state index in [2.05, 4.69) is 12.0 Å². The number of hydrogen-bond acceptors (Lipinski definition) is 4. The van der Waals surface area contributed by atoms with Gasteiger partial charge in [0.1, 0.15) is 0 Å². The van der Waals surface area contributed by atoms with Crippen LogP contribution in [0.15, 0.2) is 0 Å². The van der Waals surface area contributed by atoms with E-state index in [1.165, 1.54) is 6.92 Å². The Kier molecular flexibility index (Phi) is 3.57. The minimum absolute atomic E-state index is 0.223. The predicted octanol–water partition coefficient (Wildman–Crippen LogP) is 1.26. The quantitative estimate of drug-likeness (QED) is 0.529. The van der Waals surface area contributed by atoms with E-state index in [1.54, 1.807) is 0 Å². The number of nitriles is 1. The molecule has 0 spiro atoms. The molecule has 16 heavy (non-hydrogen) atoms. The van der Waals surface area contributed by atoms with Gasteiger partial charge in [-0.05, 0) is 0 Å².